The molecule has 144 valence electrons. The van der Waals surface area contributed by atoms with Crippen LogP contribution in [-0.4, -0.2) is 48.4 Å². The average Bonchev–Trinajstić information content (AvgIpc) is 3.31. The van der Waals surface area contributed by atoms with Crippen molar-refractivity contribution >= 4 is 16.1 Å². The summed E-state index contributed by atoms with van der Waals surface area (Å²) in [5.74, 6) is 0.873. The highest BCUT2D eigenvalue weighted by Crippen LogP contribution is 2.21. The lowest BCUT2D eigenvalue weighted by atomic mass is 10.2. The molecule has 9 heteroatoms. The van der Waals surface area contributed by atoms with Gasteiger partial charge < -0.3 is 10.6 Å². The molecule has 4 rings (SSSR count). The quantitative estimate of drug-likeness (QED) is 0.816. The minimum absolute atomic E-state index is 0.209. The number of carbonyl (C=O) groups is 1. The fraction of sp³-hybridized carbons (Fsp3) is 0.389. The first-order valence-corrected chi connectivity index (χ1v) is 10.6. The first-order chi connectivity index (χ1) is 13.1. The van der Waals surface area contributed by atoms with E-state index in [9.17, 15) is 13.2 Å². The third-order valence-electron chi connectivity index (χ3n) is 4.97. The maximum Gasteiger partial charge on any atom is 0.337 e. The molecule has 0 bridgehead atoms. The van der Waals surface area contributed by atoms with Gasteiger partial charge in [-0.05, 0) is 36.6 Å². The van der Waals surface area contributed by atoms with Crippen LogP contribution in [0.5, 0.6) is 0 Å². The standard InChI is InChI=1S/C18H23N5O3S/c24-18(23-12-8-17-19-9-13-22(17)23)20-14-15-4-6-16(7-5-15)27(25,26)21-10-2-1-3-11-21/h4-9,13,19H,1-3,10-12,14H2,(H,20,24). The summed E-state index contributed by atoms with van der Waals surface area (Å²) in [4.78, 5) is 12.7. The molecule has 1 fully saturated rings. The number of nitrogens with zero attached hydrogens (tertiary/aromatic N) is 3. The maximum absolute atomic E-state index is 12.7. The van der Waals surface area contributed by atoms with Gasteiger partial charge in [0, 0.05) is 32.0 Å². The minimum Gasteiger partial charge on any atom is -0.345 e. The SMILES string of the molecule is O=C(NCc1ccc(S(=O)(=O)N2CCCCC2)cc1)N1CC=C2NC=CN21. The van der Waals surface area contributed by atoms with Crippen LogP contribution in [-0.2, 0) is 16.6 Å². The number of carbonyl (C=O) groups excluding carboxylic acids is 1. The third kappa shape index (κ3) is 3.52. The van der Waals surface area contributed by atoms with E-state index in [0.29, 0.717) is 31.1 Å². The van der Waals surface area contributed by atoms with Crippen molar-refractivity contribution in [2.45, 2.75) is 30.7 Å². The van der Waals surface area contributed by atoms with E-state index in [1.165, 1.54) is 0 Å². The number of piperidine rings is 1. The van der Waals surface area contributed by atoms with Gasteiger partial charge in [0.15, 0.2) is 0 Å². The topological polar surface area (TPSA) is 85.0 Å². The number of nitrogens with one attached hydrogen (secondary N) is 2. The molecule has 2 N–H and O–H groups in total. The summed E-state index contributed by atoms with van der Waals surface area (Å²) in [5, 5.41) is 9.25. The molecular weight excluding hydrogens is 366 g/mol. The fourth-order valence-electron chi connectivity index (χ4n) is 3.45. The van der Waals surface area contributed by atoms with Crippen LogP contribution in [0.3, 0.4) is 0 Å². The Morgan fingerprint density at radius 1 is 1.11 bits per heavy atom. The van der Waals surface area contributed by atoms with Crippen molar-refractivity contribution < 1.29 is 13.2 Å². The smallest absolute Gasteiger partial charge is 0.337 e. The monoisotopic (exact) mass is 389 g/mol. The molecule has 0 radical (unpaired) electrons. The second kappa shape index (κ2) is 7.24. The number of fused-ring (bicyclic) bond motifs is 1. The average molecular weight is 389 g/mol. The van der Waals surface area contributed by atoms with Crippen molar-refractivity contribution in [1.82, 2.24) is 25.0 Å². The molecule has 0 atom stereocenters. The first-order valence-electron chi connectivity index (χ1n) is 9.13. The van der Waals surface area contributed by atoms with Crippen LogP contribution in [0.4, 0.5) is 4.79 Å². The third-order valence-corrected chi connectivity index (χ3v) is 6.88. The number of benzene rings is 1. The molecule has 3 heterocycles. The lowest BCUT2D eigenvalue weighted by Crippen LogP contribution is -2.44. The highest BCUT2D eigenvalue weighted by molar-refractivity contribution is 7.89. The van der Waals surface area contributed by atoms with Gasteiger partial charge in [-0.15, -0.1) is 0 Å². The van der Waals surface area contributed by atoms with Crippen LogP contribution < -0.4 is 10.6 Å². The highest BCUT2D eigenvalue weighted by atomic mass is 32.2. The Kier molecular flexibility index (Phi) is 4.79. The van der Waals surface area contributed by atoms with Crippen LogP contribution in [0.1, 0.15) is 24.8 Å². The van der Waals surface area contributed by atoms with Gasteiger partial charge in [-0.25, -0.2) is 23.2 Å². The number of sulfonamides is 1. The normalized spacial score (nSPS) is 19.6. The van der Waals surface area contributed by atoms with Crippen LogP contribution in [0.15, 0.2) is 53.5 Å². The first kappa shape index (κ1) is 17.9. The minimum atomic E-state index is -3.42. The molecule has 0 saturated carbocycles. The molecule has 0 unspecified atom stereocenters. The predicted molar refractivity (Wildman–Crippen MR) is 100 cm³/mol. The van der Waals surface area contributed by atoms with Gasteiger partial charge in [0.1, 0.15) is 5.82 Å². The Morgan fingerprint density at radius 2 is 1.85 bits per heavy atom. The zero-order valence-corrected chi connectivity index (χ0v) is 15.8. The van der Waals surface area contributed by atoms with Gasteiger partial charge in [-0.3, -0.25) is 0 Å². The van der Waals surface area contributed by atoms with E-state index in [4.69, 9.17) is 0 Å². The summed E-state index contributed by atoms with van der Waals surface area (Å²) in [7, 11) is -3.42. The zero-order chi connectivity index (χ0) is 18.9. The Labute approximate surface area is 159 Å². The lowest BCUT2D eigenvalue weighted by molar-refractivity contribution is 0.117. The predicted octanol–water partition coefficient (Wildman–Crippen LogP) is 1.52. The molecule has 1 aromatic rings. The number of rotatable bonds is 4. The molecule has 3 aliphatic heterocycles. The molecule has 0 aliphatic carbocycles. The van der Waals surface area contributed by atoms with Crippen LogP contribution in [0.25, 0.3) is 0 Å². The number of hydrazine groups is 1. The van der Waals surface area contributed by atoms with Gasteiger partial charge in [0.2, 0.25) is 10.0 Å². The molecule has 2 amide bonds. The van der Waals surface area contributed by atoms with Crippen LogP contribution >= 0.6 is 0 Å². The number of amides is 2. The van der Waals surface area contributed by atoms with Crippen molar-refractivity contribution in [1.29, 1.82) is 0 Å². The van der Waals surface area contributed by atoms with Gasteiger partial charge in [0.05, 0.1) is 11.4 Å². The molecule has 1 aromatic carbocycles. The second-order valence-corrected chi connectivity index (χ2v) is 8.68. The lowest BCUT2D eigenvalue weighted by Gasteiger charge is -2.26. The number of hydrogen-bond donors (Lipinski definition) is 2. The molecule has 3 aliphatic rings. The van der Waals surface area contributed by atoms with E-state index in [1.807, 2.05) is 6.08 Å². The molecular formula is C18H23N5O3S. The summed E-state index contributed by atoms with van der Waals surface area (Å²) >= 11 is 0. The van der Waals surface area contributed by atoms with Crippen molar-refractivity contribution in [3.05, 3.63) is 54.1 Å². The molecule has 0 aromatic heterocycles. The highest BCUT2D eigenvalue weighted by Gasteiger charge is 2.29. The molecule has 0 spiro atoms. The van der Waals surface area contributed by atoms with Gasteiger partial charge in [-0.1, -0.05) is 18.6 Å². The van der Waals surface area contributed by atoms with E-state index in [2.05, 4.69) is 10.6 Å². The van der Waals surface area contributed by atoms with Crippen molar-refractivity contribution in [3.63, 3.8) is 0 Å². The molecule has 8 nitrogen and oxygen atoms in total. The summed E-state index contributed by atoms with van der Waals surface area (Å²) < 4.78 is 26.9. The van der Waals surface area contributed by atoms with Crippen LogP contribution in [0.2, 0.25) is 0 Å². The summed E-state index contributed by atoms with van der Waals surface area (Å²) in [6.45, 7) is 2.02. The van der Waals surface area contributed by atoms with Crippen molar-refractivity contribution in [2.24, 2.45) is 0 Å². The van der Waals surface area contributed by atoms with Crippen LogP contribution in [0, 0.1) is 0 Å². The Balaban J connectivity index is 1.35. The van der Waals surface area contributed by atoms with Gasteiger partial charge >= 0.3 is 6.03 Å². The Hall–Kier alpha value is -2.52. The fourth-order valence-corrected chi connectivity index (χ4v) is 4.96. The van der Waals surface area contributed by atoms with E-state index >= 15 is 0 Å². The van der Waals surface area contributed by atoms with E-state index in [1.54, 1.807) is 51.0 Å². The largest absolute Gasteiger partial charge is 0.345 e. The second-order valence-electron chi connectivity index (χ2n) is 6.74. The van der Waals surface area contributed by atoms with E-state index in [0.717, 1.165) is 30.6 Å². The van der Waals surface area contributed by atoms with E-state index in [-0.39, 0.29) is 6.03 Å². The maximum atomic E-state index is 12.7. The number of hydrogen-bond acceptors (Lipinski definition) is 5. The van der Waals surface area contributed by atoms with Gasteiger partial charge in [0.25, 0.3) is 0 Å². The van der Waals surface area contributed by atoms with Crippen molar-refractivity contribution in [3.8, 4) is 0 Å². The Bertz CT molecular complexity index is 873. The van der Waals surface area contributed by atoms with Gasteiger partial charge in [-0.2, -0.15) is 4.31 Å². The summed E-state index contributed by atoms with van der Waals surface area (Å²) in [6, 6.07) is 6.53. The van der Waals surface area contributed by atoms with Crippen molar-refractivity contribution in [2.75, 3.05) is 19.6 Å². The summed E-state index contributed by atoms with van der Waals surface area (Å²) in [5.41, 5.74) is 0.850. The summed E-state index contributed by atoms with van der Waals surface area (Å²) in [6.07, 6.45) is 8.41. The zero-order valence-electron chi connectivity index (χ0n) is 15.0. The molecule has 1 saturated heterocycles. The molecule has 27 heavy (non-hydrogen) atoms. The number of urea groups is 1. The van der Waals surface area contributed by atoms with E-state index < -0.39 is 10.0 Å². The Morgan fingerprint density at radius 3 is 2.59 bits per heavy atom.